The van der Waals surface area contributed by atoms with Crippen molar-refractivity contribution >= 4 is 12.0 Å². The largest absolute Gasteiger partial charge is 0.430 e. The van der Waals surface area contributed by atoms with Crippen LogP contribution in [0.25, 0.3) is 0 Å². The molecule has 1 aliphatic rings. The Balaban J connectivity index is 2.29. The van der Waals surface area contributed by atoms with Crippen molar-refractivity contribution in [2.45, 2.75) is 25.5 Å². The molecule has 0 bridgehead atoms. The van der Waals surface area contributed by atoms with Crippen LogP contribution in [0.15, 0.2) is 73.3 Å². The van der Waals surface area contributed by atoms with Crippen LogP contribution in [0.2, 0.25) is 0 Å². The summed E-state index contributed by atoms with van der Waals surface area (Å²) < 4.78 is 5.95. The molecule has 128 valence electrons. The summed E-state index contributed by atoms with van der Waals surface area (Å²) in [7, 11) is 0. The smallest absolute Gasteiger partial charge is 0.418 e. The Morgan fingerprint density at radius 2 is 1.56 bits per heavy atom. The van der Waals surface area contributed by atoms with E-state index in [0.717, 1.165) is 17.2 Å². The first kappa shape index (κ1) is 17.0. The number of nitrogens with zero attached hydrogens (tertiary/aromatic N) is 1. The SMILES string of the molecule is C=CC(=O)N1C(=O)OC(c2ccccc2)(c2ccccc2)C1C(C)C. The van der Waals surface area contributed by atoms with E-state index in [-0.39, 0.29) is 5.92 Å². The molecule has 1 fully saturated rings. The van der Waals surface area contributed by atoms with Crippen molar-refractivity contribution in [3.8, 4) is 0 Å². The second-order valence-electron chi connectivity index (χ2n) is 6.44. The highest BCUT2D eigenvalue weighted by molar-refractivity contribution is 6.00. The van der Waals surface area contributed by atoms with Crippen molar-refractivity contribution in [3.63, 3.8) is 0 Å². The van der Waals surface area contributed by atoms with E-state index in [9.17, 15) is 9.59 Å². The summed E-state index contributed by atoms with van der Waals surface area (Å²) in [5, 5.41) is 0. The van der Waals surface area contributed by atoms with Crippen molar-refractivity contribution in [2.24, 2.45) is 5.92 Å². The van der Waals surface area contributed by atoms with Gasteiger partial charge in [0.15, 0.2) is 5.60 Å². The summed E-state index contributed by atoms with van der Waals surface area (Å²) in [6, 6.07) is 18.7. The fourth-order valence-electron chi connectivity index (χ4n) is 3.63. The number of cyclic esters (lactones) is 1. The lowest BCUT2D eigenvalue weighted by molar-refractivity contribution is -0.125. The molecule has 0 spiro atoms. The van der Waals surface area contributed by atoms with E-state index in [2.05, 4.69) is 6.58 Å². The number of ether oxygens (including phenoxy) is 1. The molecule has 1 aliphatic heterocycles. The molecule has 1 atom stereocenters. The quantitative estimate of drug-likeness (QED) is 0.790. The van der Waals surface area contributed by atoms with Crippen LogP contribution in [-0.2, 0) is 15.1 Å². The van der Waals surface area contributed by atoms with Gasteiger partial charge in [0.1, 0.15) is 0 Å². The van der Waals surface area contributed by atoms with Crippen molar-refractivity contribution in [3.05, 3.63) is 84.4 Å². The van der Waals surface area contributed by atoms with Crippen LogP contribution < -0.4 is 0 Å². The minimum atomic E-state index is -1.05. The monoisotopic (exact) mass is 335 g/mol. The third-order valence-corrected chi connectivity index (χ3v) is 4.59. The maximum Gasteiger partial charge on any atom is 0.418 e. The number of benzene rings is 2. The van der Waals surface area contributed by atoms with Gasteiger partial charge in [0, 0.05) is 11.1 Å². The molecule has 4 nitrogen and oxygen atoms in total. The molecule has 0 radical (unpaired) electrons. The van der Waals surface area contributed by atoms with Crippen LogP contribution in [0.5, 0.6) is 0 Å². The Kier molecular flexibility index (Phi) is 4.45. The van der Waals surface area contributed by atoms with E-state index in [1.165, 1.54) is 4.90 Å². The van der Waals surface area contributed by atoms with Crippen molar-refractivity contribution in [1.29, 1.82) is 0 Å². The van der Waals surface area contributed by atoms with Crippen LogP contribution >= 0.6 is 0 Å². The zero-order valence-corrected chi connectivity index (χ0v) is 14.4. The van der Waals surface area contributed by atoms with E-state index in [1.54, 1.807) is 0 Å². The molecule has 0 aromatic heterocycles. The molecule has 3 rings (SSSR count). The predicted octanol–water partition coefficient (Wildman–Crippen LogP) is 4.12. The molecule has 1 unspecified atom stereocenters. The Morgan fingerprint density at radius 1 is 1.08 bits per heavy atom. The lowest BCUT2D eigenvalue weighted by Crippen LogP contribution is -2.49. The third kappa shape index (κ3) is 2.64. The maximum atomic E-state index is 12.7. The lowest BCUT2D eigenvalue weighted by atomic mass is 9.75. The Hall–Kier alpha value is -2.88. The number of carbonyl (C=O) groups is 2. The normalized spacial score (nSPS) is 18.9. The van der Waals surface area contributed by atoms with Gasteiger partial charge in [-0.15, -0.1) is 0 Å². The van der Waals surface area contributed by atoms with Gasteiger partial charge in [-0.3, -0.25) is 4.79 Å². The molecule has 1 heterocycles. The topological polar surface area (TPSA) is 46.6 Å². The average molecular weight is 335 g/mol. The van der Waals surface area contributed by atoms with Gasteiger partial charge in [-0.1, -0.05) is 81.1 Å². The van der Waals surface area contributed by atoms with E-state index < -0.39 is 23.6 Å². The highest BCUT2D eigenvalue weighted by Crippen LogP contribution is 2.47. The summed E-state index contributed by atoms with van der Waals surface area (Å²) in [4.78, 5) is 26.3. The van der Waals surface area contributed by atoms with Crippen molar-refractivity contribution < 1.29 is 14.3 Å². The number of imide groups is 1. The van der Waals surface area contributed by atoms with E-state index in [1.807, 2.05) is 74.5 Å². The Labute approximate surface area is 147 Å². The lowest BCUT2D eigenvalue weighted by Gasteiger charge is -2.37. The third-order valence-electron chi connectivity index (χ3n) is 4.59. The molecule has 0 aliphatic carbocycles. The molecule has 2 aromatic carbocycles. The number of hydrogen-bond donors (Lipinski definition) is 0. The minimum absolute atomic E-state index is 0.0178. The highest BCUT2D eigenvalue weighted by atomic mass is 16.6. The summed E-state index contributed by atoms with van der Waals surface area (Å²) in [6.07, 6.45) is 0.513. The number of carbonyl (C=O) groups excluding carboxylic acids is 2. The summed E-state index contributed by atoms with van der Waals surface area (Å²) in [5.74, 6) is -0.465. The average Bonchev–Trinajstić information content (AvgIpc) is 2.97. The maximum absolute atomic E-state index is 12.7. The van der Waals surface area contributed by atoms with Crippen molar-refractivity contribution in [2.75, 3.05) is 0 Å². The predicted molar refractivity (Wildman–Crippen MR) is 95.8 cm³/mol. The van der Waals surface area contributed by atoms with Gasteiger partial charge >= 0.3 is 6.09 Å². The van der Waals surface area contributed by atoms with E-state index in [0.29, 0.717) is 0 Å². The number of amides is 2. The van der Waals surface area contributed by atoms with Crippen molar-refractivity contribution in [1.82, 2.24) is 4.90 Å². The Morgan fingerprint density at radius 3 is 1.96 bits per heavy atom. The van der Waals surface area contributed by atoms with Gasteiger partial charge in [-0.2, -0.15) is 0 Å². The van der Waals surface area contributed by atoms with E-state index in [4.69, 9.17) is 4.74 Å². The summed E-state index contributed by atoms with van der Waals surface area (Å²) in [5.41, 5.74) is 0.632. The number of rotatable bonds is 4. The molecule has 1 saturated heterocycles. The van der Waals surface area contributed by atoms with Crippen LogP contribution in [0.1, 0.15) is 25.0 Å². The first-order chi connectivity index (χ1) is 12.0. The second-order valence-corrected chi connectivity index (χ2v) is 6.44. The van der Waals surface area contributed by atoms with Gasteiger partial charge in [-0.25, -0.2) is 9.69 Å². The fourth-order valence-corrected chi connectivity index (χ4v) is 3.63. The molecule has 25 heavy (non-hydrogen) atoms. The molecular weight excluding hydrogens is 314 g/mol. The first-order valence-electron chi connectivity index (χ1n) is 8.32. The zero-order chi connectivity index (χ0) is 18.0. The van der Waals surface area contributed by atoms with Crippen LogP contribution in [0.4, 0.5) is 4.79 Å². The fraction of sp³-hybridized carbons (Fsp3) is 0.238. The van der Waals surface area contributed by atoms with Crippen LogP contribution in [0.3, 0.4) is 0 Å². The summed E-state index contributed by atoms with van der Waals surface area (Å²) in [6.45, 7) is 7.49. The molecule has 0 saturated carbocycles. The molecule has 2 aromatic rings. The zero-order valence-electron chi connectivity index (χ0n) is 14.4. The van der Waals surface area contributed by atoms with Gasteiger partial charge in [-0.05, 0) is 12.0 Å². The summed E-state index contributed by atoms with van der Waals surface area (Å²) >= 11 is 0. The minimum Gasteiger partial charge on any atom is -0.430 e. The molecular formula is C21H21NO3. The van der Waals surface area contributed by atoms with Gasteiger partial charge < -0.3 is 4.74 Å². The van der Waals surface area contributed by atoms with Gasteiger partial charge in [0.05, 0.1) is 6.04 Å². The first-order valence-corrected chi connectivity index (χ1v) is 8.32. The molecule has 4 heteroatoms. The van der Waals surface area contributed by atoms with Gasteiger partial charge in [0.25, 0.3) is 5.91 Å². The highest BCUT2D eigenvalue weighted by Gasteiger charge is 2.58. The van der Waals surface area contributed by atoms with Crippen LogP contribution in [0, 0.1) is 5.92 Å². The van der Waals surface area contributed by atoms with Crippen LogP contribution in [-0.4, -0.2) is 22.9 Å². The Bertz CT molecular complexity index is 744. The standard InChI is InChI=1S/C21H21NO3/c1-4-18(23)22-19(15(2)3)21(25-20(22)24,16-11-7-5-8-12-16)17-13-9-6-10-14-17/h4-15,19H,1H2,2-3H3. The van der Waals surface area contributed by atoms with Gasteiger partial charge in [0.2, 0.25) is 0 Å². The molecule has 0 N–H and O–H groups in total. The molecule has 2 amide bonds. The second kappa shape index (κ2) is 6.55. The number of hydrogen-bond acceptors (Lipinski definition) is 3. The van der Waals surface area contributed by atoms with E-state index >= 15 is 0 Å².